The van der Waals surface area contributed by atoms with Gasteiger partial charge in [-0.05, 0) is 43.3 Å². The molecule has 5 heteroatoms. The van der Waals surface area contributed by atoms with E-state index in [1.54, 1.807) is 45.3 Å². The SMILES string of the molecule is COc1ccc(C(=O)O[C@H](C)C(=O)N(C)c2ccccc2)cc1. The largest absolute Gasteiger partial charge is 0.497 e. The van der Waals surface area contributed by atoms with Crippen LogP contribution in [-0.4, -0.2) is 32.1 Å². The number of methoxy groups -OCH3 is 1. The van der Waals surface area contributed by atoms with E-state index in [2.05, 4.69) is 0 Å². The monoisotopic (exact) mass is 313 g/mol. The summed E-state index contributed by atoms with van der Waals surface area (Å²) >= 11 is 0. The van der Waals surface area contributed by atoms with Crippen LogP contribution in [0.5, 0.6) is 5.75 Å². The topological polar surface area (TPSA) is 55.8 Å². The first kappa shape index (κ1) is 16.5. The van der Waals surface area contributed by atoms with Gasteiger partial charge in [-0.25, -0.2) is 4.79 Å². The lowest BCUT2D eigenvalue weighted by atomic mass is 10.2. The summed E-state index contributed by atoms with van der Waals surface area (Å²) in [6.07, 6.45) is -0.880. The minimum Gasteiger partial charge on any atom is -0.497 e. The van der Waals surface area contributed by atoms with Gasteiger partial charge in [0.25, 0.3) is 5.91 Å². The minimum absolute atomic E-state index is 0.293. The average molecular weight is 313 g/mol. The van der Waals surface area contributed by atoms with Crippen LogP contribution >= 0.6 is 0 Å². The first-order chi connectivity index (χ1) is 11.0. The molecule has 0 N–H and O–H groups in total. The van der Waals surface area contributed by atoms with Crippen molar-refractivity contribution in [1.29, 1.82) is 0 Å². The van der Waals surface area contributed by atoms with Crippen LogP contribution in [-0.2, 0) is 9.53 Å². The molecule has 0 aromatic heterocycles. The Morgan fingerprint density at radius 3 is 2.17 bits per heavy atom. The van der Waals surface area contributed by atoms with Crippen LogP contribution in [0.2, 0.25) is 0 Å². The Hall–Kier alpha value is -2.82. The highest BCUT2D eigenvalue weighted by atomic mass is 16.5. The predicted octanol–water partition coefficient (Wildman–Crippen LogP) is 2.90. The van der Waals surface area contributed by atoms with Gasteiger partial charge in [-0.15, -0.1) is 0 Å². The number of rotatable bonds is 5. The number of hydrogen-bond donors (Lipinski definition) is 0. The molecule has 1 amide bonds. The number of benzene rings is 2. The molecule has 2 aromatic rings. The standard InChI is InChI=1S/C18H19NO4/c1-13(17(20)19(2)15-7-5-4-6-8-15)23-18(21)14-9-11-16(22-3)12-10-14/h4-13H,1-3H3/t13-/m1/s1. The minimum atomic E-state index is -0.880. The molecule has 1 atom stereocenters. The van der Waals surface area contributed by atoms with Gasteiger partial charge in [-0.3, -0.25) is 4.79 Å². The maximum Gasteiger partial charge on any atom is 0.338 e. The van der Waals surface area contributed by atoms with E-state index in [9.17, 15) is 9.59 Å². The Bertz CT molecular complexity index is 667. The van der Waals surface area contributed by atoms with Crippen molar-refractivity contribution < 1.29 is 19.1 Å². The molecule has 0 aliphatic carbocycles. The second-order valence-electron chi connectivity index (χ2n) is 5.01. The van der Waals surface area contributed by atoms with Gasteiger partial charge in [-0.1, -0.05) is 18.2 Å². The summed E-state index contributed by atoms with van der Waals surface area (Å²) in [5, 5.41) is 0. The Morgan fingerprint density at radius 2 is 1.61 bits per heavy atom. The van der Waals surface area contributed by atoms with Crippen molar-refractivity contribution in [3.05, 3.63) is 60.2 Å². The molecule has 2 rings (SSSR count). The molecule has 5 nitrogen and oxygen atoms in total. The lowest BCUT2D eigenvalue weighted by Crippen LogP contribution is -2.37. The molecule has 0 unspecified atom stereocenters. The van der Waals surface area contributed by atoms with Crippen LogP contribution < -0.4 is 9.64 Å². The molecule has 23 heavy (non-hydrogen) atoms. The summed E-state index contributed by atoms with van der Waals surface area (Å²) in [4.78, 5) is 25.9. The van der Waals surface area contributed by atoms with Crippen LogP contribution in [0.3, 0.4) is 0 Å². The van der Waals surface area contributed by atoms with E-state index in [1.807, 2.05) is 30.3 Å². The van der Waals surface area contributed by atoms with Crippen LogP contribution in [0, 0.1) is 0 Å². The summed E-state index contributed by atoms with van der Waals surface area (Å²) in [5.41, 5.74) is 1.11. The Balaban J connectivity index is 2.01. The number of para-hydroxylation sites is 1. The molecule has 0 bridgehead atoms. The number of ether oxygens (including phenoxy) is 2. The van der Waals surface area contributed by atoms with Crippen molar-refractivity contribution in [3.8, 4) is 5.75 Å². The number of hydrogen-bond acceptors (Lipinski definition) is 4. The number of esters is 1. The number of amides is 1. The molecule has 0 fully saturated rings. The summed E-state index contributed by atoms with van der Waals surface area (Å²) < 4.78 is 10.3. The van der Waals surface area contributed by atoms with Crippen molar-refractivity contribution in [3.63, 3.8) is 0 Å². The van der Waals surface area contributed by atoms with Crippen molar-refractivity contribution in [1.82, 2.24) is 0 Å². The van der Waals surface area contributed by atoms with Gasteiger partial charge in [-0.2, -0.15) is 0 Å². The highest BCUT2D eigenvalue weighted by molar-refractivity contribution is 5.98. The van der Waals surface area contributed by atoms with Crippen LogP contribution in [0.1, 0.15) is 17.3 Å². The van der Waals surface area contributed by atoms with Crippen molar-refractivity contribution in [2.24, 2.45) is 0 Å². The van der Waals surface area contributed by atoms with E-state index in [4.69, 9.17) is 9.47 Å². The van der Waals surface area contributed by atoms with E-state index in [1.165, 1.54) is 4.90 Å². The quantitative estimate of drug-likeness (QED) is 0.797. The number of anilines is 1. The zero-order valence-corrected chi connectivity index (χ0v) is 13.4. The van der Waals surface area contributed by atoms with E-state index >= 15 is 0 Å². The van der Waals surface area contributed by atoms with E-state index in [-0.39, 0.29) is 5.91 Å². The van der Waals surface area contributed by atoms with Crippen molar-refractivity contribution >= 4 is 17.6 Å². The summed E-state index contributed by atoms with van der Waals surface area (Å²) in [5.74, 6) is -0.192. The Labute approximate surface area is 135 Å². The number of carbonyl (C=O) groups excluding carboxylic acids is 2. The number of carbonyl (C=O) groups is 2. The first-order valence-electron chi connectivity index (χ1n) is 7.20. The molecule has 0 aliphatic rings. The van der Waals surface area contributed by atoms with E-state index in [0.29, 0.717) is 11.3 Å². The molecule has 0 heterocycles. The molecular formula is C18H19NO4. The fraction of sp³-hybridized carbons (Fsp3) is 0.222. The van der Waals surface area contributed by atoms with Gasteiger partial charge in [0.2, 0.25) is 0 Å². The lowest BCUT2D eigenvalue weighted by molar-refractivity contribution is -0.126. The zero-order valence-electron chi connectivity index (χ0n) is 13.4. The highest BCUT2D eigenvalue weighted by Crippen LogP contribution is 2.15. The fourth-order valence-electron chi connectivity index (χ4n) is 2.06. The van der Waals surface area contributed by atoms with Gasteiger partial charge in [0.05, 0.1) is 12.7 Å². The first-order valence-corrected chi connectivity index (χ1v) is 7.20. The molecule has 0 aliphatic heterocycles. The van der Waals surface area contributed by atoms with Gasteiger partial charge in [0.15, 0.2) is 6.10 Å². The fourth-order valence-corrected chi connectivity index (χ4v) is 2.06. The molecular weight excluding hydrogens is 294 g/mol. The van der Waals surface area contributed by atoms with Crippen LogP contribution in [0.15, 0.2) is 54.6 Å². The Kier molecular flexibility index (Phi) is 5.36. The van der Waals surface area contributed by atoms with E-state index in [0.717, 1.165) is 5.69 Å². The van der Waals surface area contributed by atoms with Crippen molar-refractivity contribution in [2.75, 3.05) is 19.1 Å². The molecule has 2 aromatic carbocycles. The van der Waals surface area contributed by atoms with E-state index < -0.39 is 12.1 Å². The Morgan fingerprint density at radius 1 is 1.00 bits per heavy atom. The van der Waals surface area contributed by atoms with Crippen molar-refractivity contribution in [2.45, 2.75) is 13.0 Å². The molecule has 120 valence electrons. The molecule has 0 radical (unpaired) electrons. The van der Waals surface area contributed by atoms with Gasteiger partial charge >= 0.3 is 5.97 Å². The zero-order chi connectivity index (χ0) is 16.8. The van der Waals surface area contributed by atoms with Gasteiger partial charge < -0.3 is 14.4 Å². The number of nitrogens with zero attached hydrogens (tertiary/aromatic N) is 1. The third kappa shape index (κ3) is 4.10. The third-order valence-corrected chi connectivity index (χ3v) is 3.43. The second kappa shape index (κ2) is 7.45. The molecule has 0 saturated heterocycles. The predicted molar refractivity (Wildman–Crippen MR) is 87.7 cm³/mol. The van der Waals surface area contributed by atoms with Gasteiger partial charge in [0, 0.05) is 12.7 Å². The highest BCUT2D eigenvalue weighted by Gasteiger charge is 2.23. The maximum absolute atomic E-state index is 12.3. The average Bonchev–Trinajstić information content (AvgIpc) is 2.61. The summed E-state index contributed by atoms with van der Waals surface area (Å²) in [6, 6.07) is 15.7. The lowest BCUT2D eigenvalue weighted by Gasteiger charge is -2.21. The van der Waals surface area contributed by atoms with Gasteiger partial charge in [0.1, 0.15) is 5.75 Å². The number of likely N-dealkylation sites (N-methyl/N-ethyl adjacent to an activating group) is 1. The van der Waals surface area contributed by atoms with Crippen LogP contribution in [0.4, 0.5) is 5.69 Å². The summed E-state index contributed by atoms with van der Waals surface area (Å²) in [6.45, 7) is 1.56. The summed E-state index contributed by atoms with van der Waals surface area (Å²) in [7, 11) is 3.20. The molecule has 0 saturated carbocycles. The second-order valence-corrected chi connectivity index (χ2v) is 5.01. The van der Waals surface area contributed by atoms with Crippen LogP contribution in [0.25, 0.3) is 0 Å². The maximum atomic E-state index is 12.3. The smallest absolute Gasteiger partial charge is 0.338 e. The normalized spacial score (nSPS) is 11.4. The third-order valence-electron chi connectivity index (χ3n) is 3.43. The molecule has 0 spiro atoms.